The predicted molar refractivity (Wildman–Crippen MR) is 159 cm³/mol. The van der Waals surface area contributed by atoms with Crippen molar-refractivity contribution in [3.63, 3.8) is 0 Å². The van der Waals surface area contributed by atoms with Crippen LogP contribution in [0.25, 0.3) is 22.2 Å². The third-order valence-electron chi connectivity index (χ3n) is 7.87. The van der Waals surface area contributed by atoms with Crippen molar-refractivity contribution < 1.29 is 23.4 Å². The average molecular weight is 559 g/mol. The highest BCUT2D eigenvalue weighted by molar-refractivity contribution is 5.99. The molecule has 216 valence electrons. The zero-order chi connectivity index (χ0) is 29.5. The molecule has 1 aliphatic heterocycles. The third kappa shape index (κ3) is 5.60. The SMILES string of the molecule is COC(=O)[C@@H](OC(C)(C)C)c1c(C)nc2c(cc(CCc3ccccc3)n2C)c1-c1cc(F)c2c(c1C)CCCO2. The number of hydrogen-bond donors (Lipinski definition) is 0. The zero-order valence-electron chi connectivity index (χ0n) is 25.1. The second-order valence-electron chi connectivity index (χ2n) is 11.8. The summed E-state index contributed by atoms with van der Waals surface area (Å²) < 4.78 is 35.1. The van der Waals surface area contributed by atoms with E-state index in [1.165, 1.54) is 12.7 Å². The number of hydrogen-bond acceptors (Lipinski definition) is 5. The molecule has 41 heavy (non-hydrogen) atoms. The van der Waals surface area contributed by atoms with Crippen LogP contribution in [0.15, 0.2) is 42.5 Å². The van der Waals surface area contributed by atoms with Crippen molar-refractivity contribution in [3.8, 4) is 16.9 Å². The van der Waals surface area contributed by atoms with E-state index < -0.39 is 23.5 Å². The Hall–Kier alpha value is -3.71. The normalized spacial score (nSPS) is 14.0. The van der Waals surface area contributed by atoms with Gasteiger partial charge in [0.1, 0.15) is 5.65 Å². The Morgan fingerprint density at radius 1 is 1.15 bits per heavy atom. The summed E-state index contributed by atoms with van der Waals surface area (Å²) in [5.74, 6) is -0.598. The van der Waals surface area contributed by atoms with Gasteiger partial charge in [-0.15, -0.1) is 0 Å². The second kappa shape index (κ2) is 11.3. The van der Waals surface area contributed by atoms with Crippen molar-refractivity contribution in [1.29, 1.82) is 0 Å². The molecule has 0 saturated heterocycles. The molecule has 7 heteroatoms. The second-order valence-corrected chi connectivity index (χ2v) is 11.8. The number of methoxy groups -OCH3 is 1. The summed E-state index contributed by atoms with van der Waals surface area (Å²) in [7, 11) is 3.36. The summed E-state index contributed by atoms with van der Waals surface area (Å²) in [6.45, 7) is 10.1. The highest BCUT2D eigenvalue weighted by Crippen LogP contribution is 2.45. The minimum absolute atomic E-state index is 0.327. The van der Waals surface area contributed by atoms with Crippen LogP contribution in [0.1, 0.15) is 66.9 Å². The van der Waals surface area contributed by atoms with Crippen LogP contribution >= 0.6 is 0 Å². The molecule has 0 saturated carbocycles. The van der Waals surface area contributed by atoms with Crippen molar-refractivity contribution in [1.82, 2.24) is 9.55 Å². The van der Waals surface area contributed by atoms with Crippen LogP contribution in [0.5, 0.6) is 5.75 Å². The van der Waals surface area contributed by atoms with Crippen LogP contribution in [0.4, 0.5) is 4.39 Å². The lowest BCUT2D eigenvalue weighted by Crippen LogP contribution is -2.29. The van der Waals surface area contributed by atoms with E-state index >= 15 is 4.39 Å². The van der Waals surface area contributed by atoms with E-state index in [9.17, 15) is 4.79 Å². The molecule has 0 unspecified atom stereocenters. The van der Waals surface area contributed by atoms with Gasteiger partial charge < -0.3 is 18.8 Å². The monoisotopic (exact) mass is 558 g/mol. The highest BCUT2D eigenvalue weighted by atomic mass is 19.1. The standard InChI is InChI=1S/C34H39FN2O4/c1-20-24-14-11-17-40-30(24)27(35)19-25(20)29-26-18-23(16-15-22-12-9-8-10-13-22)37(6)32(26)36-21(2)28(29)31(33(38)39-7)41-34(3,4)5/h8-10,12-13,18-19,31H,11,14-17H2,1-7H3/t31-/m0/s1. The molecule has 3 heterocycles. The van der Waals surface area contributed by atoms with E-state index in [4.69, 9.17) is 19.2 Å². The minimum Gasteiger partial charge on any atom is -0.490 e. The van der Waals surface area contributed by atoms with E-state index in [1.807, 2.05) is 59.9 Å². The van der Waals surface area contributed by atoms with Crippen molar-refractivity contribution in [2.45, 2.75) is 72.0 Å². The van der Waals surface area contributed by atoms with Crippen LogP contribution in [0.2, 0.25) is 0 Å². The zero-order valence-corrected chi connectivity index (χ0v) is 25.1. The molecule has 2 aromatic carbocycles. The van der Waals surface area contributed by atoms with Crippen LogP contribution in [-0.2, 0) is 40.6 Å². The number of aromatic nitrogens is 2. The van der Waals surface area contributed by atoms with Gasteiger partial charge in [-0.25, -0.2) is 14.2 Å². The van der Waals surface area contributed by atoms with Crippen molar-refractivity contribution in [2.24, 2.45) is 7.05 Å². The summed E-state index contributed by atoms with van der Waals surface area (Å²) in [6, 6.07) is 14.0. The predicted octanol–water partition coefficient (Wildman–Crippen LogP) is 7.14. The minimum atomic E-state index is -1.05. The van der Waals surface area contributed by atoms with Gasteiger partial charge in [-0.05, 0) is 89.1 Å². The smallest absolute Gasteiger partial charge is 0.339 e. The number of halogens is 1. The van der Waals surface area contributed by atoms with Crippen LogP contribution in [0, 0.1) is 19.7 Å². The third-order valence-corrected chi connectivity index (χ3v) is 7.87. The molecule has 0 fully saturated rings. The molecular formula is C34H39FN2O4. The Labute approximate surface area is 241 Å². The molecule has 0 aliphatic carbocycles. The molecule has 1 atom stereocenters. The first kappa shape index (κ1) is 28.8. The first-order valence-corrected chi connectivity index (χ1v) is 14.2. The molecule has 0 bridgehead atoms. The van der Waals surface area contributed by atoms with Crippen LogP contribution in [0.3, 0.4) is 0 Å². The van der Waals surface area contributed by atoms with Gasteiger partial charge in [0, 0.05) is 40.5 Å². The molecule has 4 aromatic rings. The van der Waals surface area contributed by atoms with Gasteiger partial charge in [-0.3, -0.25) is 0 Å². The van der Waals surface area contributed by atoms with Crippen LogP contribution in [-0.4, -0.2) is 34.8 Å². The van der Waals surface area contributed by atoms with Gasteiger partial charge >= 0.3 is 5.97 Å². The maximum absolute atomic E-state index is 15.7. The fourth-order valence-electron chi connectivity index (χ4n) is 5.88. The van der Waals surface area contributed by atoms with Crippen molar-refractivity contribution >= 4 is 17.0 Å². The van der Waals surface area contributed by atoms with E-state index in [0.717, 1.165) is 59.1 Å². The lowest BCUT2D eigenvalue weighted by Gasteiger charge is -2.29. The number of carbonyl (C=O) groups excluding carboxylic acids is 1. The number of nitrogens with zero attached hydrogens (tertiary/aromatic N) is 2. The number of ether oxygens (including phenoxy) is 3. The summed E-state index contributed by atoms with van der Waals surface area (Å²) in [5, 5.41) is 0.849. The topological polar surface area (TPSA) is 62.6 Å². The molecule has 0 spiro atoms. The largest absolute Gasteiger partial charge is 0.490 e. The van der Waals surface area contributed by atoms with Crippen LogP contribution < -0.4 is 4.74 Å². The number of aryl methyl sites for hydroxylation is 4. The lowest BCUT2D eigenvalue weighted by atomic mass is 9.86. The molecular weight excluding hydrogens is 519 g/mol. The highest BCUT2D eigenvalue weighted by Gasteiger charge is 2.35. The molecule has 5 rings (SSSR count). The quantitative estimate of drug-likeness (QED) is 0.226. The average Bonchev–Trinajstić information content (AvgIpc) is 3.26. The number of benzene rings is 2. The molecule has 0 amide bonds. The van der Waals surface area contributed by atoms with Crippen molar-refractivity contribution in [2.75, 3.05) is 13.7 Å². The Morgan fingerprint density at radius 3 is 2.56 bits per heavy atom. The molecule has 0 N–H and O–H groups in total. The lowest BCUT2D eigenvalue weighted by molar-refractivity contribution is -0.164. The maximum atomic E-state index is 15.7. The number of fused-ring (bicyclic) bond motifs is 2. The van der Waals surface area contributed by atoms with E-state index in [-0.39, 0.29) is 0 Å². The molecule has 1 aliphatic rings. The van der Waals surface area contributed by atoms with Gasteiger partial charge in [-0.2, -0.15) is 0 Å². The number of pyridine rings is 1. The summed E-state index contributed by atoms with van der Waals surface area (Å²) in [5.41, 5.74) is 6.96. The Kier molecular flexibility index (Phi) is 7.93. The Morgan fingerprint density at radius 2 is 1.88 bits per heavy atom. The number of esters is 1. The fraction of sp³-hybridized carbons (Fsp3) is 0.412. The van der Waals surface area contributed by atoms with Gasteiger partial charge in [-0.1, -0.05) is 30.3 Å². The molecule has 6 nitrogen and oxygen atoms in total. The summed E-state index contributed by atoms with van der Waals surface area (Å²) in [4.78, 5) is 18.3. The van der Waals surface area contributed by atoms with E-state index in [1.54, 1.807) is 6.07 Å². The Bertz CT molecular complexity index is 1600. The Balaban J connectivity index is 1.79. The van der Waals surface area contributed by atoms with E-state index in [2.05, 4.69) is 22.8 Å². The molecule has 2 aromatic heterocycles. The molecule has 0 radical (unpaired) electrons. The number of rotatable bonds is 7. The first-order valence-electron chi connectivity index (χ1n) is 14.2. The van der Waals surface area contributed by atoms with Gasteiger partial charge in [0.2, 0.25) is 0 Å². The van der Waals surface area contributed by atoms with Crippen molar-refractivity contribution in [3.05, 3.63) is 81.9 Å². The maximum Gasteiger partial charge on any atom is 0.339 e. The van der Waals surface area contributed by atoms with Gasteiger partial charge in [0.25, 0.3) is 0 Å². The number of carbonyl (C=O) groups is 1. The summed E-state index contributed by atoms with van der Waals surface area (Å²) >= 11 is 0. The van der Waals surface area contributed by atoms with Gasteiger partial charge in [0.05, 0.1) is 19.3 Å². The fourth-order valence-corrected chi connectivity index (χ4v) is 5.88. The van der Waals surface area contributed by atoms with Gasteiger partial charge in [0.15, 0.2) is 17.7 Å². The van der Waals surface area contributed by atoms with E-state index in [0.29, 0.717) is 29.2 Å². The first-order chi connectivity index (χ1) is 19.5. The summed E-state index contributed by atoms with van der Waals surface area (Å²) in [6.07, 6.45) is 2.17.